The first-order valence-electron chi connectivity index (χ1n) is 8.32. The van der Waals surface area contributed by atoms with Crippen LogP contribution >= 0.6 is 0 Å². The van der Waals surface area contributed by atoms with E-state index in [2.05, 4.69) is 30.7 Å². The molecular formula is C17H22N6O2. The van der Waals surface area contributed by atoms with Crippen LogP contribution in [0.4, 0.5) is 17.5 Å². The summed E-state index contributed by atoms with van der Waals surface area (Å²) in [5.41, 5.74) is 1.39. The van der Waals surface area contributed by atoms with Gasteiger partial charge in [0.15, 0.2) is 11.6 Å². The first kappa shape index (κ1) is 17.2. The number of carbonyl (C=O) groups excluding carboxylic acids is 1. The molecule has 3 rings (SSSR count). The summed E-state index contributed by atoms with van der Waals surface area (Å²) in [7, 11) is 0. The molecule has 0 saturated carbocycles. The molecular weight excluding hydrogens is 320 g/mol. The smallest absolute Gasteiger partial charge is 0.249 e. The summed E-state index contributed by atoms with van der Waals surface area (Å²) in [6.45, 7) is 6.75. The molecule has 8 heteroatoms. The van der Waals surface area contributed by atoms with Gasteiger partial charge in [-0.2, -0.15) is 10.1 Å². The predicted molar refractivity (Wildman–Crippen MR) is 95.3 cm³/mol. The molecule has 1 saturated heterocycles. The second kappa shape index (κ2) is 8.50. The topological polar surface area (TPSA) is 92.3 Å². The summed E-state index contributed by atoms with van der Waals surface area (Å²) in [5, 5.41) is 14.3. The lowest BCUT2D eigenvalue weighted by molar-refractivity contribution is 0.0398. The van der Waals surface area contributed by atoms with E-state index in [9.17, 15) is 4.79 Å². The van der Waals surface area contributed by atoms with E-state index in [0.717, 1.165) is 45.1 Å². The number of rotatable bonds is 7. The minimum Gasteiger partial charge on any atom is -0.379 e. The van der Waals surface area contributed by atoms with Crippen molar-refractivity contribution < 1.29 is 9.53 Å². The van der Waals surface area contributed by atoms with Crippen LogP contribution in [0.2, 0.25) is 0 Å². The van der Waals surface area contributed by atoms with Crippen LogP contribution in [0.3, 0.4) is 0 Å². The summed E-state index contributed by atoms with van der Waals surface area (Å²) in [6, 6.07) is 7.21. The van der Waals surface area contributed by atoms with Crippen molar-refractivity contribution in [3.63, 3.8) is 0 Å². The lowest BCUT2D eigenvalue weighted by atomic mass is 10.1. The van der Waals surface area contributed by atoms with Crippen molar-refractivity contribution in [2.75, 3.05) is 50.0 Å². The van der Waals surface area contributed by atoms with Gasteiger partial charge in [0.05, 0.1) is 19.4 Å². The Hall–Kier alpha value is -2.58. The van der Waals surface area contributed by atoms with Gasteiger partial charge in [-0.1, -0.05) is 12.1 Å². The Morgan fingerprint density at radius 2 is 2.16 bits per heavy atom. The van der Waals surface area contributed by atoms with Gasteiger partial charge in [0, 0.05) is 37.4 Å². The van der Waals surface area contributed by atoms with Gasteiger partial charge in [-0.15, -0.1) is 5.10 Å². The third-order valence-electron chi connectivity index (χ3n) is 3.92. The Morgan fingerprint density at radius 3 is 2.96 bits per heavy atom. The molecule has 132 valence electrons. The molecule has 2 heterocycles. The van der Waals surface area contributed by atoms with Crippen LogP contribution in [0.1, 0.15) is 17.3 Å². The summed E-state index contributed by atoms with van der Waals surface area (Å²) >= 11 is 0. The lowest BCUT2D eigenvalue weighted by Crippen LogP contribution is -2.39. The molecule has 0 amide bonds. The van der Waals surface area contributed by atoms with Crippen molar-refractivity contribution in [2.45, 2.75) is 6.92 Å². The number of morpholine rings is 1. The fourth-order valence-electron chi connectivity index (χ4n) is 2.55. The number of aromatic nitrogens is 3. The molecule has 0 radical (unpaired) electrons. The van der Waals surface area contributed by atoms with Gasteiger partial charge >= 0.3 is 0 Å². The van der Waals surface area contributed by atoms with Crippen LogP contribution in [-0.2, 0) is 4.74 Å². The molecule has 0 unspecified atom stereocenters. The molecule has 1 aliphatic rings. The Morgan fingerprint density at radius 1 is 1.32 bits per heavy atom. The van der Waals surface area contributed by atoms with Crippen LogP contribution in [-0.4, -0.2) is 65.3 Å². The fourth-order valence-corrected chi connectivity index (χ4v) is 2.55. The first-order chi connectivity index (χ1) is 12.2. The molecule has 0 bridgehead atoms. The fraction of sp³-hybridized carbons (Fsp3) is 0.412. The summed E-state index contributed by atoms with van der Waals surface area (Å²) in [6.07, 6.45) is 1.59. The molecule has 0 aliphatic carbocycles. The van der Waals surface area contributed by atoms with Crippen LogP contribution in [0, 0.1) is 0 Å². The quantitative estimate of drug-likeness (QED) is 0.733. The van der Waals surface area contributed by atoms with Gasteiger partial charge in [0.25, 0.3) is 0 Å². The highest BCUT2D eigenvalue weighted by molar-refractivity contribution is 5.95. The van der Waals surface area contributed by atoms with E-state index in [1.54, 1.807) is 18.3 Å². The number of nitrogens with zero attached hydrogens (tertiary/aromatic N) is 4. The highest BCUT2D eigenvalue weighted by atomic mass is 16.5. The van der Waals surface area contributed by atoms with Gasteiger partial charge < -0.3 is 15.4 Å². The van der Waals surface area contributed by atoms with Gasteiger partial charge in [-0.25, -0.2) is 0 Å². The minimum absolute atomic E-state index is 0.0150. The summed E-state index contributed by atoms with van der Waals surface area (Å²) < 4.78 is 5.34. The maximum absolute atomic E-state index is 11.5. The average Bonchev–Trinajstić information content (AvgIpc) is 2.63. The number of hydrogen-bond acceptors (Lipinski definition) is 8. The number of ketones is 1. The van der Waals surface area contributed by atoms with Gasteiger partial charge in [-0.3, -0.25) is 9.69 Å². The molecule has 25 heavy (non-hydrogen) atoms. The number of benzene rings is 1. The van der Waals surface area contributed by atoms with E-state index in [1.165, 1.54) is 6.92 Å². The van der Waals surface area contributed by atoms with E-state index >= 15 is 0 Å². The third-order valence-corrected chi connectivity index (χ3v) is 3.92. The number of Topliss-reactive ketones (excluding diaryl/α,β-unsaturated/α-hetero) is 1. The van der Waals surface area contributed by atoms with Crippen LogP contribution < -0.4 is 10.6 Å². The molecule has 1 aromatic heterocycles. The minimum atomic E-state index is 0.0150. The summed E-state index contributed by atoms with van der Waals surface area (Å²) in [4.78, 5) is 18.2. The standard InChI is InChI=1S/C17H22N6O2/c1-13(24)14-3-2-4-15(11-14)20-17-21-16(12-19-22-17)18-5-6-23-7-9-25-10-8-23/h2-4,11-12H,5-10H2,1H3,(H2,18,20,21,22). The average molecular weight is 342 g/mol. The molecule has 2 aromatic rings. The van der Waals surface area contributed by atoms with Crippen LogP contribution in [0.25, 0.3) is 0 Å². The van der Waals surface area contributed by atoms with E-state index in [0.29, 0.717) is 17.3 Å². The zero-order valence-electron chi connectivity index (χ0n) is 14.2. The maximum atomic E-state index is 11.5. The largest absolute Gasteiger partial charge is 0.379 e. The van der Waals surface area contributed by atoms with Crippen LogP contribution in [0.15, 0.2) is 30.5 Å². The lowest BCUT2D eigenvalue weighted by Gasteiger charge is -2.26. The number of nitrogens with one attached hydrogen (secondary N) is 2. The van der Waals surface area contributed by atoms with Crippen molar-refractivity contribution >= 4 is 23.2 Å². The Kier molecular flexibility index (Phi) is 5.86. The van der Waals surface area contributed by atoms with Crippen molar-refractivity contribution in [2.24, 2.45) is 0 Å². The molecule has 0 atom stereocenters. The summed E-state index contributed by atoms with van der Waals surface area (Å²) in [5.74, 6) is 1.06. The van der Waals surface area contributed by atoms with Crippen molar-refractivity contribution in [3.05, 3.63) is 36.0 Å². The highest BCUT2D eigenvalue weighted by Crippen LogP contribution is 2.15. The van der Waals surface area contributed by atoms with Gasteiger partial charge in [0.2, 0.25) is 5.95 Å². The first-order valence-corrected chi connectivity index (χ1v) is 8.32. The maximum Gasteiger partial charge on any atom is 0.249 e. The molecule has 1 fully saturated rings. The second-order valence-electron chi connectivity index (χ2n) is 5.81. The molecule has 2 N–H and O–H groups in total. The normalized spacial score (nSPS) is 14.9. The SMILES string of the molecule is CC(=O)c1cccc(Nc2nncc(NCCN3CCOCC3)n2)c1. The Labute approximate surface area is 146 Å². The highest BCUT2D eigenvalue weighted by Gasteiger charge is 2.09. The van der Waals surface area contributed by atoms with E-state index in [-0.39, 0.29) is 5.78 Å². The van der Waals surface area contributed by atoms with E-state index in [4.69, 9.17) is 4.74 Å². The monoisotopic (exact) mass is 342 g/mol. The number of carbonyl (C=O) groups is 1. The number of anilines is 3. The van der Waals surface area contributed by atoms with Crippen molar-refractivity contribution in [3.8, 4) is 0 Å². The molecule has 1 aromatic carbocycles. The van der Waals surface area contributed by atoms with Crippen LogP contribution in [0.5, 0.6) is 0 Å². The Balaban J connectivity index is 1.55. The van der Waals surface area contributed by atoms with Gasteiger partial charge in [0.1, 0.15) is 0 Å². The van der Waals surface area contributed by atoms with Gasteiger partial charge in [-0.05, 0) is 19.1 Å². The zero-order valence-corrected chi connectivity index (χ0v) is 14.2. The zero-order chi connectivity index (χ0) is 17.5. The number of ether oxygens (including phenoxy) is 1. The second-order valence-corrected chi connectivity index (χ2v) is 5.81. The van der Waals surface area contributed by atoms with Crippen molar-refractivity contribution in [1.29, 1.82) is 0 Å². The molecule has 8 nitrogen and oxygen atoms in total. The third kappa shape index (κ3) is 5.20. The molecule has 0 spiro atoms. The number of hydrogen-bond donors (Lipinski definition) is 2. The molecule has 1 aliphatic heterocycles. The van der Waals surface area contributed by atoms with E-state index in [1.807, 2.05) is 12.1 Å². The van der Waals surface area contributed by atoms with Crippen molar-refractivity contribution in [1.82, 2.24) is 20.1 Å². The van der Waals surface area contributed by atoms with E-state index < -0.39 is 0 Å². The Bertz CT molecular complexity index is 718. The predicted octanol–water partition coefficient (Wildman–Crippen LogP) is 1.56.